The van der Waals surface area contributed by atoms with Crippen LogP contribution in [0.15, 0.2) is 0 Å². The second kappa shape index (κ2) is 7.94. The second-order valence-corrected chi connectivity index (χ2v) is 5.65. The third kappa shape index (κ3) is 4.43. The van der Waals surface area contributed by atoms with Crippen LogP contribution >= 0.6 is 0 Å². The Morgan fingerprint density at radius 2 is 1.87 bits per heavy atom. The van der Waals surface area contributed by atoms with Gasteiger partial charge in [0.1, 0.15) is 12.1 Å². The molecule has 2 N–H and O–H groups in total. The van der Waals surface area contributed by atoms with Gasteiger partial charge in [-0.3, -0.25) is 19.3 Å². The van der Waals surface area contributed by atoms with Crippen molar-refractivity contribution in [2.75, 3.05) is 13.2 Å². The SMILES string of the molecule is CC[C@H](C)NC(=O)COC(=O)CN1C(=O)NC(CC)(CC)C1=O. The number of imide groups is 1. The second-order valence-electron chi connectivity index (χ2n) is 5.65. The third-order valence-electron chi connectivity index (χ3n) is 4.12. The average Bonchev–Trinajstić information content (AvgIpc) is 2.77. The number of nitrogens with one attached hydrogen (secondary N) is 2. The highest BCUT2D eigenvalue weighted by Gasteiger charge is 2.49. The fraction of sp³-hybridized carbons (Fsp3) is 0.733. The van der Waals surface area contributed by atoms with E-state index in [4.69, 9.17) is 4.74 Å². The van der Waals surface area contributed by atoms with Gasteiger partial charge in [-0.05, 0) is 26.2 Å². The van der Waals surface area contributed by atoms with Crippen molar-refractivity contribution < 1.29 is 23.9 Å². The van der Waals surface area contributed by atoms with E-state index >= 15 is 0 Å². The van der Waals surface area contributed by atoms with Crippen molar-refractivity contribution in [2.24, 2.45) is 0 Å². The summed E-state index contributed by atoms with van der Waals surface area (Å²) in [7, 11) is 0. The van der Waals surface area contributed by atoms with Gasteiger partial charge in [0, 0.05) is 6.04 Å². The number of carbonyl (C=O) groups excluding carboxylic acids is 4. The molecule has 23 heavy (non-hydrogen) atoms. The predicted molar refractivity (Wildman–Crippen MR) is 82.4 cm³/mol. The monoisotopic (exact) mass is 327 g/mol. The predicted octanol–water partition coefficient (Wildman–Crippen LogP) is 0.555. The molecule has 0 aromatic carbocycles. The zero-order chi connectivity index (χ0) is 17.6. The van der Waals surface area contributed by atoms with Crippen LogP contribution in [0, 0.1) is 0 Å². The molecule has 0 spiro atoms. The molecule has 1 fully saturated rings. The largest absolute Gasteiger partial charge is 0.454 e. The molecule has 0 saturated carbocycles. The standard InChI is InChI=1S/C15H25N3O5/c1-5-10(4)16-11(19)9-23-12(20)8-18-13(21)15(6-2,7-3)17-14(18)22/h10H,5-9H2,1-4H3,(H,16,19)(H,17,22)/t10-/m0/s1. The number of carbonyl (C=O) groups is 4. The molecular formula is C15H25N3O5. The molecule has 1 aliphatic rings. The summed E-state index contributed by atoms with van der Waals surface area (Å²) in [4.78, 5) is 48.3. The van der Waals surface area contributed by atoms with Crippen molar-refractivity contribution in [3.05, 3.63) is 0 Å². The summed E-state index contributed by atoms with van der Waals surface area (Å²) in [5, 5.41) is 5.27. The van der Waals surface area contributed by atoms with Crippen LogP contribution in [-0.4, -0.2) is 53.4 Å². The minimum absolute atomic E-state index is 0.0122. The fourth-order valence-electron chi connectivity index (χ4n) is 2.29. The molecule has 8 nitrogen and oxygen atoms in total. The van der Waals surface area contributed by atoms with Gasteiger partial charge in [-0.25, -0.2) is 4.79 Å². The molecule has 1 aliphatic heterocycles. The summed E-state index contributed by atoms with van der Waals surface area (Å²) in [6.07, 6.45) is 1.64. The maximum Gasteiger partial charge on any atom is 0.326 e. The molecule has 1 heterocycles. The molecule has 0 aliphatic carbocycles. The normalized spacial score (nSPS) is 17.7. The van der Waals surface area contributed by atoms with Crippen LogP contribution in [-0.2, 0) is 19.1 Å². The van der Waals surface area contributed by atoms with Crippen LogP contribution in [0.2, 0.25) is 0 Å². The van der Waals surface area contributed by atoms with Gasteiger partial charge in [-0.2, -0.15) is 0 Å². The van der Waals surface area contributed by atoms with Crippen LogP contribution in [0.5, 0.6) is 0 Å². The van der Waals surface area contributed by atoms with E-state index in [-0.39, 0.29) is 6.04 Å². The van der Waals surface area contributed by atoms with Crippen molar-refractivity contribution in [3.63, 3.8) is 0 Å². The number of rotatable bonds is 8. The molecule has 0 unspecified atom stereocenters. The van der Waals surface area contributed by atoms with E-state index in [1.54, 1.807) is 13.8 Å². The van der Waals surface area contributed by atoms with Crippen molar-refractivity contribution >= 4 is 23.8 Å². The number of amides is 4. The van der Waals surface area contributed by atoms with Crippen LogP contribution < -0.4 is 10.6 Å². The average molecular weight is 327 g/mol. The Kier molecular flexibility index (Phi) is 6.53. The maximum atomic E-state index is 12.3. The van der Waals surface area contributed by atoms with Gasteiger partial charge in [0.25, 0.3) is 11.8 Å². The lowest BCUT2D eigenvalue weighted by Crippen LogP contribution is -2.46. The Morgan fingerprint density at radius 1 is 1.26 bits per heavy atom. The van der Waals surface area contributed by atoms with Crippen LogP contribution in [0.4, 0.5) is 4.79 Å². The highest BCUT2D eigenvalue weighted by atomic mass is 16.5. The van der Waals surface area contributed by atoms with Gasteiger partial charge < -0.3 is 15.4 Å². The smallest absolute Gasteiger partial charge is 0.326 e. The number of hydrogen-bond donors (Lipinski definition) is 2. The van der Waals surface area contributed by atoms with Gasteiger partial charge in [-0.15, -0.1) is 0 Å². The van der Waals surface area contributed by atoms with Crippen LogP contribution in [0.25, 0.3) is 0 Å². The first-order valence-corrected chi connectivity index (χ1v) is 7.88. The Hall–Kier alpha value is -2.12. The number of urea groups is 1. The molecule has 1 saturated heterocycles. The number of esters is 1. The lowest BCUT2D eigenvalue weighted by Gasteiger charge is -2.22. The highest BCUT2D eigenvalue weighted by Crippen LogP contribution is 2.24. The Balaban J connectivity index is 2.53. The number of hydrogen-bond acceptors (Lipinski definition) is 5. The lowest BCUT2D eigenvalue weighted by atomic mass is 9.93. The summed E-state index contributed by atoms with van der Waals surface area (Å²) in [6, 6.07) is -0.624. The van der Waals surface area contributed by atoms with E-state index < -0.39 is 42.5 Å². The van der Waals surface area contributed by atoms with Crippen molar-refractivity contribution in [1.29, 1.82) is 0 Å². The molecule has 0 bridgehead atoms. The highest BCUT2D eigenvalue weighted by molar-refractivity contribution is 6.08. The molecule has 130 valence electrons. The fourth-order valence-corrected chi connectivity index (χ4v) is 2.29. The van der Waals surface area contributed by atoms with Crippen LogP contribution in [0.1, 0.15) is 47.0 Å². The Bertz CT molecular complexity index is 488. The van der Waals surface area contributed by atoms with Crippen molar-refractivity contribution in [3.8, 4) is 0 Å². The molecule has 1 rings (SSSR count). The Labute approximate surface area is 135 Å². The van der Waals surface area contributed by atoms with Gasteiger partial charge in [-0.1, -0.05) is 20.8 Å². The minimum Gasteiger partial charge on any atom is -0.454 e. The molecular weight excluding hydrogens is 302 g/mol. The molecule has 4 amide bonds. The van der Waals surface area contributed by atoms with Crippen molar-refractivity contribution in [1.82, 2.24) is 15.5 Å². The molecule has 8 heteroatoms. The lowest BCUT2D eigenvalue weighted by molar-refractivity contribution is -0.151. The zero-order valence-corrected chi connectivity index (χ0v) is 14.1. The third-order valence-corrected chi connectivity index (χ3v) is 4.12. The van der Waals surface area contributed by atoms with E-state index in [9.17, 15) is 19.2 Å². The first-order valence-electron chi connectivity index (χ1n) is 7.88. The minimum atomic E-state index is -0.953. The number of ether oxygens (including phenoxy) is 1. The van der Waals surface area contributed by atoms with Gasteiger partial charge in [0.2, 0.25) is 0 Å². The van der Waals surface area contributed by atoms with Crippen molar-refractivity contribution in [2.45, 2.75) is 58.5 Å². The van der Waals surface area contributed by atoms with Crippen LogP contribution in [0.3, 0.4) is 0 Å². The number of nitrogens with zero attached hydrogens (tertiary/aromatic N) is 1. The Morgan fingerprint density at radius 3 is 2.35 bits per heavy atom. The van der Waals surface area contributed by atoms with E-state index in [0.717, 1.165) is 11.3 Å². The summed E-state index contributed by atoms with van der Waals surface area (Å²) < 4.78 is 4.82. The van der Waals surface area contributed by atoms with Gasteiger partial charge in [0.05, 0.1) is 0 Å². The molecule has 0 aromatic rings. The first-order chi connectivity index (χ1) is 10.8. The summed E-state index contributed by atoms with van der Waals surface area (Å²) >= 11 is 0. The van der Waals surface area contributed by atoms with Gasteiger partial charge >= 0.3 is 12.0 Å². The summed E-state index contributed by atoms with van der Waals surface area (Å²) in [5.41, 5.74) is -0.953. The van der Waals surface area contributed by atoms with E-state index in [2.05, 4.69) is 10.6 Å². The van der Waals surface area contributed by atoms with E-state index in [1.807, 2.05) is 13.8 Å². The van der Waals surface area contributed by atoms with E-state index in [1.165, 1.54) is 0 Å². The van der Waals surface area contributed by atoms with Gasteiger partial charge in [0.15, 0.2) is 6.61 Å². The maximum absolute atomic E-state index is 12.3. The quantitative estimate of drug-likeness (QED) is 0.500. The molecule has 0 radical (unpaired) electrons. The molecule has 0 aromatic heterocycles. The topological polar surface area (TPSA) is 105 Å². The zero-order valence-electron chi connectivity index (χ0n) is 14.1. The molecule has 1 atom stereocenters. The first kappa shape index (κ1) is 18.9. The van der Waals surface area contributed by atoms with E-state index in [0.29, 0.717) is 12.8 Å². The summed E-state index contributed by atoms with van der Waals surface area (Å²) in [5.74, 6) is -1.65. The summed E-state index contributed by atoms with van der Waals surface area (Å²) in [6.45, 7) is 6.42.